The smallest absolute Gasteiger partial charge is 0.263 e. The molecule has 6 nitrogen and oxygen atoms in total. The lowest BCUT2D eigenvalue weighted by Crippen LogP contribution is -2.17. The van der Waals surface area contributed by atoms with Crippen molar-refractivity contribution in [3.8, 4) is 17.0 Å². The van der Waals surface area contributed by atoms with E-state index in [1.54, 1.807) is 30.7 Å². The SMILES string of the molecule is COc1ncc(-c2cncc3cc(/C=C4/SC(=S)NC4=O)oc23)cc1Cl. The van der Waals surface area contributed by atoms with Gasteiger partial charge in [0, 0.05) is 41.2 Å². The van der Waals surface area contributed by atoms with Crippen LogP contribution < -0.4 is 10.1 Å². The molecule has 0 bridgehead atoms. The number of ether oxygens (including phenoxy) is 1. The Hall–Kier alpha value is -2.42. The lowest BCUT2D eigenvalue weighted by atomic mass is 10.1. The van der Waals surface area contributed by atoms with E-state index < -0.39 is 0 Å². The summed E-state index contributed by atoms with van der Waals surface area (Å²) in [5.74, 6) is 0.648. The van der Waals surface area contributed by atoms with Crippen LogP contribution in [0.15, 0.2) is 40.0 Å². The van der Waals surface area contributed by atoms with Gasteiger partial charge in [0.1, 0.15) is 20.7 Å². The quantitative estimate of drug-likeness (QED) is 0.522. The van der Waals surface area contributed by atoms with Crippen LogP contribution in [0.2, 0.25) is 5.02 Å². The van der Waals surface area contributed by atoms with E-state index >= 15 is 0 Å². The number of fused-ring (bicyclic) bond motifs is 1. The maximum atomic E-state index is 11.8. The molecule has 0 unspecified atom stereocenters. The van der Waals surface area contributed by atoms with Crippen LogP contribution in [0.3, 0.4) is 0 Å². The van der Waals surface area contributed by atoms with E-state index in [-0.39, 0.29) is 5.91 Å². The molecule has 0 atom stereocenters. The van der Waals surface area contributed by atoms with Crippen LogP contribution >= 0.6 is 35.6 Å². The van der Waals surface area contributed by atoms with Crippen LogP contribution in [-0.4, -0.2) is 27.3 Å². The predicted octanol–water partition coefficient (Wildman–Crippen LogP) is 4.04. The molecule has 1 amide bonds. The Labute approximate surface area is 162 Å². The summed E-state index contributed by atoms with van der Waals surface area (Å²) in [5, 5.41) is 3.76. The molecule has 0 aromatic carbocycles. The van der Waals surface area contributed by atoms with E-state index in [1.807, 2.05) is 6.07 Å². The highest BCUT2D eigenvalue weighted by Crippen LogP contribution is 2.34. The van der Waals surface area contributed by atoms with E-state index in [1.165, 1.54) is 18.9 Å². The minimum absolute atomic E-state index is 0.232. The number of hydrogen-bond acceptors (Lipinski definition) is 7. The summed E-state index contributed by atoms with van der Waals surface area (Å²) in [6, 6.07) is 3.55. The average Bonchev–Trinajstić information content (AvgIpc) is 3.16. The molecule has 0 aliphatic carbocycles. The monoisotopic (exact) mass is 403 g/mol. The second-order valence-electron chi connectivity index (χ2n) is 5.32. The minimum Gasteiger partial charge on any atom is -0.480 e. The molecule has 0 spiro atoms. The Morgan fingerprint density at radius 2 is 2.19 bits per heavy atom. The van der Waals surface area contributed by atoms with Gasteiger partial charge in [-0.2, -0.15) is 0 Å². The number of carbonyl (C=O) groups is 1. The van der Waals surface area contributed by atoms with E-state index in [0.717, 1.165) is 16.5 Å². The second kappa shape index (κ2) is 6.71. The van der Waals surface area contributed by atoms with Gasteiger partial charge in [-0.25, -0.2) is 4.98 Å². The van der Waals surface area contributed by atoms with Crippen LogP contribution in [0, 0.1) is 0 Å². The summed E-state index contributed by atoms with van der Waals surface area (Å²) in [6.45, 7) is 0. The molecular weight excluding hydrogens is 394 g/mol. The number of pyridine rings is 2. The zero-order valence-corrected chi connectivity index (χ0v) is 15.7. The fourth-order valence-electron chi connectivity index (χ4n) is 2.53. The molecule has 1 N–H and O–H groups in total. The number of thioether (sulfide) groups is 1. The van der Waals surface area contributed by atoms with Crippen molar-refractivity contribution in [3.63, 3.8) is 0 Å². The molecule has 0 saturated carbocycles. The third-order valence-electron chi connectivity index (χ3n) is 3.67. The van der Waals surface area contributed by atoms with E-state index in [0.29, 0.717) is 31.5 Å². The number of furan rings is 1. The Morgan fingerprint density at radius 1 is 1.35 bits per heavy atom. The third kappa shape index (κ3) is 3.07. The normalized spacial score (nSPS) is 15.7. The number of carbonyl (C=O) groups excluding carboxylic acids is 1. The van der Waals surface area contributed by atoms with Crippen molar-refractivity contribution >= 4 is 62.9 Å². The summed E-state index contributed by atoms with van der Waals surface area (Å²) >= 11 is 12.4. The van der Waals surface area contributed by atoms with Gasteiger partial charge in [-0.15, -0.1) is 0 Å². The van der Waals surface area contributed by atoms with Crippen molar-refractivity contribution < 1.29 is 13.9 Å². The molecule has 4 rings (SSSR count). The van der Waals surface area contributed by atoms with Gasteiger partial charge in [-0.1, -0.05) is 35.6 Å². The minimum atomic E-state index is -0.232. The number of rotatable bonds is 3. The first kappa shape index (κ1) is 17.0. The summed E-state index contributed by atoms with van der Waals surface area (Å²) in [5.41, 5.74) is 2.11. The Bertz CT molecular complexity index is 1090. The number of nitrogens with one attached hydrogen (secondary N) is 1. The molecule has 3 aromatic rings. The van der Waals surface area contributed by atoms with Gasteiger partial charge in [0.15, 0.2) is 0 Å². The van der Waals surface area contributed by atoms with Crippen molar-refractivity contribution in [1.82, 2.24) is 15.3 Å². The van der Waals surface area contributed by atoms with Crippen LogP contribution in [0.1, 0.15) is 5.76 Å². The fraction of sp³-hybridized carbons (Fsp3) is 0.0588. The number of hydrogen-bond donors (Lipinski definition) is 1. The Morgan fingerprint density at radius 3 is 2.88 bits per heavy atom. The standard InChI is InChI=1S/C17H10ClN3O3S2/c1-23-16-12(18)3-8(6-20-16)11-7-19-5-9-2-10(24-14(9)11)4-13-15(22)21-17(25)26-13/h2-7H,1H3,(H,21,22,25)/b13-4+. The molecule has 26 heavy (non-hydrogen) atoms. The highest BCUT2D eigenvalue weighted by atomic mass is 35.5. The van der Waals surface area contributed by atoms with E-state index in [2.05, 4.69) is 15.3 Å². The number of nitrogens with zero attached hydrogens (tertiary/aromatic N) is 2. The van der Waals surface area contributed by atoms with Crippen molar-refractivity contribution in [1.29, 1.82) is 0 Å². The van der Waals surface area contributed by atoms with Gasteiger partial charge in [0.05, 0.1) is 12.0 Å². The zero-order valence-electron chi connectivity index (χ0n) is 13.3. The summed E-state index contributed by atoms with van der Waals surface area (Å²) in [7, 11) is 1.51. The first-order valence-electron chi connectivity index (χ1n) is 7.37. The highest BCUT2D eigenvalue weighted by Gasteiger charge is 2.23. The number of methoxy groups -OCH3 is 1. The molecule has 3 aromatic heterocycles. The van der Waals surface area contributed by atoms with Gasteiger partial charge in [-0.05, 0) is 12.1 Å². The van der Waals surface area contributed by atoms with Crippen molar-refractivity contribution in [2.24, 2.45) is 0 Å². The van der Waals surface area contributed by atoms with Gasteiger partial charge in [0.25, 0.3) is 5.91 Å². The maximum Gasteiger partial charge on any atom is 0.263 e. The number of halogens is 1. The molecule has 130 valence electrons. The maximum absolute atomic E-state index is 11.8. The van der Waals surface area contributed by atoms with Crippen molar-refractivity contribution in [2.75, 3.05) is 7.11 Å². The third-order valence-corrected chi connectivity index (χ3v) is 5.10. The molecule has 0 radical (unpaired) electrons. The molecular formula is C17H10ClN3O3S2. The van der Waals surface area contributed by atoms with Gasteiger partial charge >= 0.3 is 0 Å². The highest BCUT2D eigenvalue weighted by molar-refractivity contribution is 8.26. The molecule has 1 aliphatic heterocycles. The van der Waals surface area contributed by atoms with Crippen LogP contribution in [0.25, 0.3) is 28.2 Å². The van der Waals surface area contributed by atoms with E-state index in [4.69, 9.17) is 33.0 Å². The molecule has 4 heterocycles. The summed E-state index contributed by atoms with van der Waals surface area (Å²) in [4.78, 5) is 20.7. The lowest BCUT2D eigenvalue weighted by Gasteiger charge is -2.05. The molecule has 1 aliphatic rings. The first-order chi connectivity index (χ1) is 12.5. The Balaban J connectivity index is 1.79. The summed E-state index contributed by atoms with van der Waals surface area (Å²) in [6.07, 6.45) is 6.66. The van der Waals surface area contributed by atoms with Gasteiger partial charge in [-0.3, -0.25) is 9.78 Å². The van der Waals surface area contributed by atoms with Crippen molar-refractivity contribution in [3.05, 3.63) is 46.4 Å². The molecule has 1 saturated heterocycles. The van der Waals surface area contributed by atoms with Crippen LogP contribution in [0.5, 0.6) is 5.88 Å². The average molecular weight is 404 g/mol. The topological polar surface area (TPSA) is 77.3 Å². The Kier molecular flexibility index (Phi) is 4.39. The summed E-state index contributed by atoms with van der Waals surface area (Å²) < 4.78 is 11.4. The van der Waals surface area contributed by atoms with E-state index in [9.17, 15) is 4.79 Å². The van der Waals surface area contributed by atoms with Crippen molar-refractivity contribution in [2.45, 2.75) is 0 Å². The van der Waals surface area contributed by atoms with Crippen LogP contribution in [0.4, 0.5) is 0 Å². The van der Waals surface area contributed by atoms with Gasteiger partial charge in [0.2, 0.25) is 5.88 Å². The molecule has 9 heteroatoms. The fourth-order valence-corrected chi connectivity index (χ4v) is 3.80. The van der Waals surface area contributed by atoms with Gasteiger partial charge < -0.3 is 14.5 Å². The predicted molar refractivity (Wildman–Crippen MR) is 105 cm³/mol. The number of amides is 1. The van der Waals surface area contributed by atoms with Crippen LogP contribution in [-0.2, 0) is 4.79 Å². The second-order valence-corrected chi connectivity index (χ2v) is 7.45. The first-order valence-corrected chi connectivity index (χ1v) is 8.98. The lowest BCUT2D eigenvalue weighted by molar-refractivity contribution is -0.115. The largest absolute Gasteiger partial charge is 0.480 e. The number of thiocarbonyl (C=S) groups is 1. The molecule has 1 fully saturated rings. The zero-order chi connectivity index (χ0) is 18.3. The number of aromatic nitrogens is 2.